The van der Waals surface area contributed by atoms with Crippen molar-refractivity contribution in [1.82, 2.24) is 15.3 Å². The molecule has 1 aromatic rings. The zero-order chi connectivity index (χ0) is 9.86. The molecular weight excluding hydrogens is 174 g/mol. The maximum absolute atomic E-state index is 3.99. The third-order valence-corrected chi connectivity index (χ3v) is 3.23. The van der Waals surface area contributed by atoms with E-state index in [-0.39, 0.29) is 0 Å². The fourth-order valence-corrected chi connectivity index (χ4v) is 2.29. The second kappa shape index (κ2) is 4.13. The van der Waals surface area contributed by atoms with Crippen molar-refractivity contribution in [3.8, 4) is 0 Å². The molecule has 1 saturated carbocycles. The van der Waals surface area contributed by atoms with E-state index >= 15 is 0 Å². The van der Waals surface area contributed by atoms with Crippen molar-refractivity contribution in [3.05, 3.63) is 18.2 Å². The molecule has 0 atom stereocenters. The standard InChI is InChI=1S/C11H19N3/c1-11(4-2-3-5-11)8-12-6-10-7-13-9-14-10/h7,9,12H,2-6,8H2,1H3,(H,13,14). The van der Waals surface area contributed by atoms with E-state index in [2.05, 4.69) is 22.2 Å². The van der Waals surface area contributed by atoms with Gasteiger partial charge < -0.3 is 10.3 Å². The van der Waals surface area contributed by atoms with Crippen molar-refractivity contribution >= 4 is 0 Å². The SMILES string of the molecule is CC1(CNCc2cnc[nH]2)CCCC1. The Balaban J connectivity index is 1.72. The first-order valence-electron chi connectivity index (χ1n) is 5.47. The quantitative estimate of drug-likeness (QED) is 0.768. The summed E-state index contributed by atoms with van der Waals surface area (Å²) in [5, 5.41) is 3.50. The fraction of sp³-hybridized carbons (Fsp3) is 0.727. The lowest BCUT2D eigenvalue weighted by Crippen LogP contribution is -2.29. The molecule has 0 amide bonds. The zero-order valence-corrected chi connectivity index (χ0v) is 8.84. The van der Waals surface area contributed by atoms with E-state index in [4.69, 9.17) is 0 Å². The van der Waals surface area contributed by atoms with Gasteiger partial charge in [-0.15, -0.1) is 0 Å². The van der Waals surface area contributed by atoms with E-state index in [0.29, 0.717) is 5.41 Å². The van der Waals surface area contributed by atoms with Crippen LogP contribution in [-0.2, 0) is 6.54 Å². The lowest BCUT2D eigenvalue weighted by atomic mass is 9.89. The molecule has 2 rings (SSSR count). The highest BCUT2D eigenvalue weighted by atomic mass is 14.9. The monoisotopic (exact) mass is 193 g/mol. The number of rotatable bonds is 4. The molecule has 3 nitrogen and oxygen atoms in total. The minimum absolute atomic E-state index is 0.542. The number of nitrogens with zero attached hydrogens (tertiary/aromatic N) is 1. The van der Waals surface area contributed by atoms with Gasteiger partial charge in [-0.3, -0.25) is 0 Å². The third kappa shape index (κ3) is 2.35. The molecule has 1 heterocycles. The number of aromatic nitrogens is 2. The highest BCUT2D eigenvalue weighted by Crippen LogP contribution is 2.36. The Morgan fingerprint density at radius 2 is 2.29 bits per heavy atom. The Hall–Kier alpha value is -0.830. The van der Waals surface area contributed by atoms with E-state index in [9.17, 15) is 0 Å². The van der Waals surface area contributed by atoms with E-state index in [0.717, 1.165) is 13.1 Å². The average molecular weight is 193 g/mol. The van der Waals surface area contributed by atoms with Gasteiger partial charge in [0.25, 0.3) is 0 Å². The lowest BCUT2D eigenvalue weighted by molar-refractivity contribution is 0.314. The molecule has 1 fully saturated rings. The Kier molecular flexibility index (Phi) is 2.87. The van der Waals surface area contributed by atoms with Gasteiger partial charge in [-0.25, -0.2) is 4.98 Å². The van der Waals surface area contributed by atoms with Gasteiger partial charge in [0.05, 0.1) is 6.33 Å². The minimum atomic E-state index is 0.542. The summed E-state index contributed by atoms with van der Waals surface area (Å²) >= 11 is 0. The van der Waals surface area contributed by atoms with Crippen molar-refractivity contribution in [1.29, 1.82) is 0 Å². The van der Waals surface area contributed by atoms with Crippen LogP contribution in [0.3, 0.4) is 0 Å². The predicted molar refractivity (Wildman–Crippen MR) is 56.9 cm³/mol. The number of nitrogens with one attached hydrogen (secondary N) is 2. The van der Waals surface area contributed by atoms with E-state index in [1.54, 1.807) is 6.33 Å². The van der Waals surface area contributed by atoms with Gasteiger partial charge in [0, 0.05) is 25.0 Å². The van der Waals surface area contributed by atoms with Crippen LogP contribution in [-0.4, -0.2) is 16.5 Å². The lowest BCUT2D eigenvalue weighted by Gasteiger charge is -2.23. The average Bonchev–Trinajstić information content (AvgIpc) is 2.77. The van der Waals surface area contributed by atoms with Crippen LogP contribution in [0.2, 0.25) is 0 Å². The van der Waals surface area contributed by atoms with Crippen LogP contribution < -0.4 is 5.32 Å². The Bertz CT molecular complexity index is 260. The zero-order valence-electron chi connectivity index (χ0n) is 8.84. The molecule has 0 unspecified atom stereocenters. The maximum atomic E-state index is 3.99. The molecular formula is C11H19N3. The van der Waals surface area contributed by atoms with Gasteiger partial charge in [-0.1, -0.05) is 19.8 Å². The number of H-pyrrole nitrogens is 1. The van der Waals surface area contributed by atoms with Crippen molar-refractivity contribution in [3.63, 3.8) is 0 Å². The van der Waals surface area contributed by atoms with Crippen molar-refractivity contribution in [2.75, 3.05) is 6.54 Å². The van der Waals surface area contributed by atoms with Gasteiger partial charge in [-0.2, -0.15) is 0 Å². The highest BCUT2D eigenvalue weighted by molar-refractivity contribution is 4.94. The molecule has 0 spiro atoms. The second-order valence-corrected chi connectivity index (χ2v) is 4.70. The molecule has 1 aliphatic rings. The Labute approximate surface area is 85.3 Å². The van der Waals surface area contributed by atoms with Crippen LogP contribution in [0, 0.1) is 5.41 Å². The smallest absolute Gasteiger partial charge is 0.0922 e. The number of hydrogen-bond donors (Lipinski definition) is 2. The first kappa shape index (κ1) is 9.71. The summed E-state index contributed by atoms with van der Waals surface area (Å²) in [6, 6.07) is 0. The largest absolute Gasteiger partial charge is 0.347 e. The van der Waals surface area contributed by atoms with Gasteiger partial charge in [0.15, 0.2) is 0 Å². The Morgan fingerprint density at radius 1 is 1.50 bits per heavy atom. The van der Waals surface area contributed by atoms with Crippen LogP contribution in [0.1, 0.15) is 38.3 Å². The number of hydrogen-bond acceptors (Lipinski definition) is 2. The van der Waals surface area contributed by atoms with E-state index < -0.39 is 0 Å². The number of imidazole rings is 1. The van der Waals surface area contributed by atoms with Crippen LogP contribution in [0.25, 0.3) is 0 Å². The van der Waals surface area contributed by atoms with Crippen LogP contribution in [0.4, 0.5) is 0 Å². The maximum Gasteiger partial charge on any atom is 0.0922 e. The fourth-order valence-electron chi connectivity index (χ4n) is 2.29. The van der Waals surface area contributed by atoms with Crippen molar-refractivity contribution in [2.45, 2.75) is 39.2 Å². The normalized spacial score (nSPS) is 20.1. The molecule has 0 radical (unpaired) electrons. The van der Waals surface area contributed by atoms with Crippen LogP contribution in [0.5, 0.6) is 0 Å². The molecule has 0 bridgehead atoms. The molecule has 0 aliphatic heterocycles. The van der Waals surface area contributed by atoms with Crippen LogP contribution >= 0.6 is 0 Å². The van der Waals surface area contributed by atoms with Crippen molar-refractivity contribution in [2.24, 2.45) is 5.41 Å². The topological polar surface area (TPSA) is 40.7 Å². The summed E-state index contributed by atoms with van der Waals surface area (Å²) in [4.78, 5) is 7.10. The second-order valence-electron chi connectivity index (χ2n) is 4.70. The molecule has 14 heavy (non-hydrogen) atoms. The molecule has 1 aliphatic carbocycles. The molecule has 3 heteroatoms. The molecule has 2 N–H and O–H groups in total. The first-order valence-corrected chi connectivity index (χ1v) is 5.47. The first-order chi connectivity index (χ1) is 6.79. The Morgan fingerprint density at radius 3 is 2.93 bits per heavy atom. The summed E-state index contributed by atoms with van der Waals surface area (Å²) in [5.41, 5.74) is 1.71. The summed E-state index contributed by atoms with van der Waals surface area (Å²) in [6.45, 7) is 4.43. The molecule has 78 valence electrons. The van der Waals surface area contributed by atoms with Gasteiger partial charge >= 0.3 is 0 Å². The summed E-state index contributed by atoms with van der Waals surface area (Å²) < 4.78 is 0. The van der Waals surface area contributed by atoms with Gasteiger partial charge in [0.2, 0.25) is 0 Å². The summed E-state index contributed by atoms with van der Waals surface area (Å²) in [7, 11) is 0. The minimum Gasteiger partial charge on any atom is -0.347 e. The van der Waals surface area contributed by atoms with Crippen LogP contribution in [0.15, 0.2) is 12.5 Å². The molecule has 0 aromatic carbocycles. The summed E-state index contributed by atoms with van der Waals surface area (Å²) in [5.74, 6) is 0. The van der Waals surface area contributed by atoms with Crippen molar-refractivity contribution < 1.29 is 0 Å². The summed E-state index contributed by atoms with van der Waals surface area (Å²) in [6.07, 6.45) is 9.18. The van der Waals surface area contributed by atoms with Gasteiger partial charge in [-0.05, 0) is 18.3 Å². The predicted octanol–water partition coefficient (Wildman–Crippen LogP) is 2.08. The third-order valence-electron chi connectivity index (χ3n) is 3.23. The molecule has 1 aromatic heterocycles. The molecule has 0 saturated heterocycles. The highest BCUT2D eigenvalue weighted by Gasteiger charge is 2.27. The number of aromatic amines is 1. The van der Waals surface area contributed by atoms with E-state index in [1.165, 1.54) is 31.4 Å². The van der Waals surface area contributed by atoms with E-state index in [1.807, 2.05) is 6.20 Å². The van der Waals surface area contributed by atoms with Gasteiger partial charge in [0.1, 0.15) is 0 Å².